The lowest BCUT2D eigenvalue weighted by Crippen LogP contribution is -2.30. The van der Waals surface area contributed by atoms with Crippen LogP contribution in [0, 0.1) is 0 Å². The molecule has 5 nitrogen and oxygen atoms in total. The first-order valence-corrected chi connectivity index (χ1v) is 7.50. The minimum absolute atomic E-state index is 0.806. The summed E-state index contributed by atoms with van der Waals surface area (Å²) < 4.78 is 1.86. The number of nitrogens with one attached hydrogen (secondary N) is 1. The molecule has 108 valence electrons. The standard InChI is InChI=1S/C14H27N5/c1-3-12-13(15)14(18(2)17-12)16-8-11-19-9-6-4-5-7-10-19/h16H,3-11,15H2,1-2H3. The van der Waals surface area contributed by atoms with Gasteiger partial charge < -0.3 is 16.0 Å². The molecule has 0 atom stereocenters. The average Bonchev–Trinajstić information content (AvgIpc) is 2.62. The van der Waals surface area contributed by atoms with E-state index in [1.807, 2.05) is 11.7 Å². The molecular weight excluding hydrogens is 238 g/mol. The van der Waals surface area contributed by atoms with Crippen LogP contribution in [-0.2, 0) is 13.5 Å². The van der Waals surface area contributed by atoms with E-state index in [2.05, 4.69) is 22.2 Å². The maximum Gasteiger partial charge on any atom is 0.147 e. The molecule has 0 saturated carbocycles. The lowest BCUT2D eigenvalue weighted by molar-refractivity contribution is 0.296. The Morgan fingerprint density at radius 1 is 1.21 bits per heavy atom. The Morgan fingerprint density at radius 3 is 2.47 bits per heavy atom. The first-order valence-electron chi connectivity index (χ1n) is 7.50. The summed E-state index contributed by atoms with van der Waals surface area (Å²) in [6.07, 6.45) is 6.34. The van der Waals surface area contributed by atoms with Crippen molar-refractivity contribution in [1.29, 1.82) is 0 Å². The van der Waals surface area contributed by atoms with E-state index >= 15 is 0 Å². The SMILES string of the molecule is CCc1nn(C)c(NCCN2CCCCCC2)c1N. The third kappa shape index (κ3) is 3.62. The Balaban J connectivity index is 1.83. The first kappa shape index (κ1) is 14.2. The molecule has 1 aliphatic rings. The molecule has 0 bridgehead atoms. The van der Waals surface area contributed by atoms with Gasteiger partial charge in [-0.3, -0.25) is 4.68 Å². The van der Waals surface area contributed by atoms with Gasteiger partial charge in [0.2, 0.25) is 0 Å². The fourth-order valence-electron chi connectivity index (χ4n) is 2.76. The van der Waals surface area contributed by atoms with Crippen molar-refractivity contribution in [1.82, 2.24) is 14.7 Å². The molecule has 0 aliphatic carbocycles. The Bertz CT molecular complexity index is 391. The predicted molar refractivity (Wildman–Crippen MR) is 80.4 cm³/mol. The van der Waals surface area contributed by atoms with E-state index in [-0.39, 0.29) is 0 Å². The van der Waals surface area contributed by atoms with Crippen LogP contribution in [0.1, 0.15) is 38.3 Å². The van der Waals surface area contributed by atoms with Gasteiger partial charge in [0.25, 0.3) is 0 Å². The maximum absolute atomic E-state index is 6.10. The zero-order valence-electron chi connectivity index (χ0n) is 12.3. The van der Waals surface area contributed by atoms with Crippen molar-refractivity contribution >= 4 is 11.5 Å². The van der Waals surface area contributed by atoms with Crippen molar-refractivity contribution in [2.24, 2.45) is 7.05 Å². The van der Waals surface area contributed by atoms with Crippen LogP contribution >= 0.6 is 0 Å². The number of aromatic nitrogens is 2. The van der Waals surface area contributed by atoms with Crippen LogP contribution in [0.2, 0.25) is 0 Å². The number of hydrogen-bond acceptors (Lipinski definition) is 4. The fourth-order valence-corrected chi connectivity index (χ4v) is 2.76. The summed E-state index contributed by atoms with van der Waals surface area (Å²) >= 11 is 0. The highest BCUT2D eigenvalue weighted by Crippen LogP contribution is 2.21. The van der Waals surface area contributed by atoms with Gasteiger partial charge in [-0.25, -0.2) is 0 Å². The van der Waals surface area contributed by atoms with Gasteiger partial charge in [0.1, 0.15) is 5.82 Å². The molecule has 1 aromatic heterocycles. The summed E-state index contributed by atoms with van der Waals surface area (Å²) in [5.74, 6) is 0.965. The summed E-state index contributed by atoms with van der Waals surface area (Å²) in [5.41, 5.74) is 7.89. The number of hydrogen-bond donors (Lipinski definition) is 2. The van der Waals surface area contributed by atoms with Crippen molar-refractivity contribution in [2.45, 2.75) is 39.0 Å². The average molecular weight is 265 g/mol. The number of rotatable bonds is 5. The van der Waals surface area contributed by atoms with Gasteiger partial charge in [0.05, 0.1) is 11.4 Å². The molecule has 1 aliphatic heterocycles. The Kier molecular flexibility index (Phi) is 5.07. The molecule has 0 aromatic carbocycles. The number of nitrogen functional groups attached to an aromatic ring is 1. The van der Waals surface area contributed by atoms with Crippen LogP contribution in [0.15, 0.2) is 0 Å². The zero-order valence-corrected chi connectivity index (χ0v) is 12.3. The van der Waals surface area contributed by atoms with E-state index < -0.39 is 0 Å². The van der Waals surface area contributed by atoms with E-state index in [1.165, 1.54) is 38.8 Å². The Morgan fingerprint density at radius 2 is 1.89 bits per heavy atom. The second-order valence-electron chi connectivity index (χ2n) is 5.37. The van der Waals surface area contributed by atoms with Crippen LogP contribution in [0.25, 0.3) is 0 Å². The number of aryl methyl sites for hydroxylation is 2. The number of likely N-dealkylation sites (tertiary alicyclic amines) is 1. The summed E-state index contributed by atoms with van der Waals surface area (Å²) in [6.45, 7) is 6.59. The third-order valence-corrected chi connectivity index (χ3v) is 3.91. The number of nitrogens with zero attached hydrogens (tertiary/aromatic N) is 3. The fraction of sp³-hybridized carbons (Fsp3) is 0.786. The van der Waals surface area contributed by atoms with Crippen molar-refractivity contribution in [3.63, 3.8) is 0 Å². The summed E-state index contributed by atoms with van der Waals surface area (Å²) in [6, 6.07) is 0. The highest BCUT2D eigenvalue weighted by Gasteiger charge is 2.12. The van der Waals surface area contributed by atoms with E-state index in [4.69, 9.17) is 5.73 Å². The van der Waals surface area contributed by atoms with Crippen molar-refractivity contribution < 1.29 is 0 Å². The van der Waals surface area contributed by atoms with E-state index in [0.717, 1.165) is 36.7 Å². The van der Waals surface area contributed by atoms with Gasteiger partial charge in [0, 0.05) is 20.1 Å². The van der Waals surface area contributed by atoms with Crippen LogP contribution in [0.3, 0.4) is 0 Å². The van der Waals surface area contributed by atoms with Crippen LogP contribution in [0.5, 0.6) is 0 Å². The molecule has 2 rings (SSSR count). The van der Waals surface area contributed by atoms with Crippen molar-refractivity contribution in [2.75, 3.05) is 37.2 Å². The smallest absolute Gasteiger partial charge is 0.147 e. The molecule has 1 fully saturated rings. The maximum atomic E-state index is 6.10. The van der Waals surface area contributed by atoms with Gasteiger partial charge in [-0.05, 0) is 32.4 Å². The number of anilines is 2. The Labute approximate surface area is 116 Å². The number of nitrogens with two attached hydrogens (primary N) is 1. The van der Waals surface area contributed by atoms with E-state index in [9.17, 15) is 0 Å². The largest absolute Gasteiger partial charge is 0.394 e. The van der Waals surface area contributed by atoms with Crippen molar-refractivity contribution in [3.8, 4) is 0 Å². The van der Waals surface area contributed by atoms with Gasteiger partial charge in [-0.1, -0.05) is 19.8 Å². The summed E-state index contributed by atoms with van der Waals surface area (Å²) in [7, 11) is 1.95. The summed E-state index contributed by atoms with van der Waals surface area (Å²) in [4.78, 5) is 2.55. The minimum Gasteiger partial charge on any atom is -0.394 e. The molecule has 0 radical (unpaired) electrons. The third-order valence-electron chi connectivity index (χ3n) is 3.91. The highest BCUT2D eigenvalue weighted by atomic mass is 15.3. The van der Waals surface area contributed by atoms with Gasteiger partial charge >= 0.3 is 0 Å². The molecule has 0 spiro atoms. The normalized spacial score (nSPS) is 17.4. The molecule has 1 aromatic rings. The molecule has 0 amide bonds. The Hall–Kier alpha value is -1.23. The lowest BCUT2D eigenvalue weighted by atomic mass is 10.2. The lowest BCUT2D eigenvalue weighted by Gasteiger charge is -2.20. The molecule has 19 heavy (non-hydrogen) atoms. The zero-order chi connectivity index (χ0) is 13.7. The molecule has 5 heteroatoms. The second kappa shape index (κ2) is 6.80. The predicted octanol–water partition coefficient (Wildman–Crippen LogP) is 1.85. The van der Waals surface area contributed by atoms with Crippen LogP contribution in [0.4, 0.5) is 11.5 Å². The van der Waals surface area contributed by atoms with E-state index in [0.29, 0.717) is 0 Å². The first-order chi connectivity index (χ1) is 9.22. The summed E-state index contributed by atoms with van der Waals surface area (Å²) in [5, 5.41) is 7.86. The van der Waals surface area contributed by atoms with Gasteiger partial charge in [-0.15, -0.1) is 0 Å². The van der Waals surface area contributed by atoms with Gasteiger partial charge in [0.15, 0.2) is 0 Å². The van der Waals surface area contributed by atoms with E-state index in [1.54, 1.807) is 0 Å². The monoisotopic (exact) mass is 265 g/mol. The van der Waals surface area contributed by atoms with Gasteiger partial charge in [-0.2, -0.15) is 5.10 Å². The highest BCUT2D eigenvalue weighted by molar-refractivity contribution is 5.64. The second-order valence-corrected chi connectivity index (χ2v) is 5.37. The molecular formula is C14H27N5. The minimum atomic E-state index is 0.806. The quantitative estimate of drug-likeness (QED) is 0.853. The molecule has 3 N–H and O–H groups in total. The topological polar surface area (TPSA) is 59.1 Å². The van der Waals surface area contributed by atoms with Crippen molar-refractivity contribution in [3.05, 3.63) is 5.69 Å². The molecule has 1 saturated heterocycles. The van der Waals surface area contributed by atoms with Crippen LogP contribution < -0.4 is 11.1 Å². The molecule has 2 heterocycles. The van der Waals surface area contributed by atoms with Crippen LogP contribution in [-0.4, -0.2) is 40.9 Å². The molecule has 0 unspecified atom stereocenters.